The summed E-state index contributed by atoms with van der Waals surface area (Å²) in [5.74, 6) is 0.547. The van der Waals surface area contributed by atoms with Gasteiger partial charge in [-0.3, -0.25) is 9.78 Å². The number of fused-ring (bicyclic) bond motifs is 3. The second-order valence-corrected chi connectivity index (χ2v) is 13.3. The van der Waals surface area contributed by atoms with Crippen molar-refractivity contribution in [3.8, 4) is 11.3 Å². The van der Waals surface area contributed by atoms with E-state index in [0.717, 1.165) is 69.6 Å². The predicted molar refractivity (Wildman–Crippen MR) is 180 cm³/mol. The second kappa shape index (κ2) is 14.5. The molecule has 0 saturated heterocycles. The van der Waals surface area contributed by atoms with Gasteiger partial charge in [0.05, 0.1) is 5.76 Å². The Morgan fingerprint density at radius 3 is 2.23 bits per heavy atom. The summed E-state index contributed by atoms with van der Waals surface area (Å²) < 4.78 is 17.7. The number of aliphatic hydroxyl groups excluding tert-OH is 1. The fraction of sp³-hybridized carbons (Fsp3) is 0.462. The number of pyridine rings is 2. The van der Waals surface area contributed by atoms with Crippen LogP contribution in [0.25, 0.3) is 32.8 Å². The maximum atomic E-state index is 11.7. The second-order valence-electron chi connectivity index (χ2n) is 13.3. The van der Waals surface area contributed by atoms with Gasteiger partial charge in [-0.25, -0.2) is 0 Å². The van der Waals surface area contributed by atoms with E-state index < -0.39 is 11.8 Å². The Bertz CT molecular complexity index is 1730. The van der Waals surface area contributed by atoms with Gasteiger partial charge >= 0.3 is 0 Å². The fourth-order valence-electron chi connectivity index (χ4n) is 6.17. The summed E-state index contributed by atoms with van der Waals surface area (Å²) in [4.78, 5) is 20.7. The van der Waals surface area contributed by atoms with Crippen molar-refractivity contribution < 1.29 is 32.7 Å². The van der Waals surface area contributed by atoms with Crippen LogP contribution < -0.4 is 0 Å². The average molecular weight is 772 g/mol. The molecule has 2 heterocycles. The number of benzene rings is 2. The first-order valence-corrected chi connectivity index (χ1v) is 15.8. The van der Waals surface area contributed by atoms with Crippen LogP contribution >= 0.6 is 0 Å². The number of aliphatic hydroxyl groups is 1. The summed E-state index contributed by atoms with van der Waals surface area (Å²) in [5.41, 5.74) is 4.14. The summed E-state index contributed by atoms with van der Waals surface area (Å²) in [5, 5.41) is 14.0. The molecule has 0 aliphatic heterocycles. The first-order chi connectivity index (χ1) is 21.1. The van der Waals surface area contributed by atoms with Crippen molar-refractivity contribution in [2.45, 2.75) is 99.8 Å². The molecule has 0 amide bonds. The van der Waals surface area contributed by atoms with Gasteiger partial charge in [-0.15, -0.1) is 12.1 Å². The van der Waals surface area contributed by atoms with Crippen LogP contribution in [-0.2, 0) is 36.7 Å². The van der Waals surface area contributed by atoms with Crippen molar-refractivity contribution in [1.82, 2.24) is 9.97 Å². The van der Waals surface area contributed by atoms with Gasteiger partial charge in [0, 0.05) is 58.8 Å². The first-order valence-electron chi connectivity index (χ1n) is 16.8. The number of carbonyl (C=O) groups excluding carboxylic acids is 1. The number of carbonyl (C=O) groups is 1. The van der Waals surface area contributed by atoms with E-state index in [4.69, 9.17) is 7.73 Å². The van der Waals surface area contributed by atoms with Crippen molar-refractivity contribution >= 4 is 27.3 Å². The molecule has 4 aromatic rings. The number of allylic oxidation sites excluding steroid dienone is 2. The van der Waals surface area contributed by atoms with E-state index in [1.807, 2.05) is 79.1 Å². The molecule has 1 N–H and O–H groups in total. The molecule has 1 aliphatic rings. The summed E-state index contributed by atoms with van der Waals surface area (Å²) in [7, 11) is 0. The van der Waals surface area contributed by atoms with Crippen LogP contribution in [0.2, 0.25) is 0 Å². The van der Waals surface area contributed by atoms with E-state index >= 15 is 0 Å². The monoisotopic (exact) mass is 772 g/mol. The van der Waals surface area contributed by atoms with Gasteiger partial charge in [0.1, 0.15) is 0 Å². The minimum absolute atomic E-state index is 0. The molecule has 0 fully saturated rings. The average Bonchev–Trinajstić information content (AvgIpc) is 3.00. The third-order valence-electron chi connectivity index (χ3n) is 8.73. The van der Waals surface area contributed by atoms with Gasteiger partial charge < -0.3 is 10.1 Å². The van der Waals surface area contributed by atoms with E-state index in [2.05, 4.69) is 37.0 Å². The molecule has 1 aliphatic carbocycles. The Kier molecular flexibility index (Phi) is 10.7. The first kappa shape index (κ1) is 32.5. The van der Waals surface area contributed by atoms with Crippen molar-refractivity contribution in [1.29, 1.82) is 0 Å². The molecular formula is C39H49IrN2O2-. The Morgan fingerprint density at radius 1 is 0.977 bits per heavy atom. The van der Waals surface area contributed by atoms with Gasteiger partial charge in [0.15, 0.2) is 5.78 Å². The van der Waals surface area contributed by atoms with E-state index in [-0.39, 0.29) is 48.9 Å². The molecule has 0 saturated carbocycles. The largest absolute Gasteiger partial charge is 0.512 e. The summed E-state index contributed by atoms with van der Waals surface area (Å²) in [6.07, 6.45) is 8.92. The van der Waals surface area contributed by atoms with Gasteiger partial charge in [-0.1, -0.05) is 102 Å². The van der Waals surface area contributed by atoms with Gasteiger partial charge in [-0.05, 0) is 77.0 Å². The molecule has 4 nitrogen and oxygen atoms in total. The number of nitrogens with zero attached hydrogens (tertiary/aromatic N) is 2. The van der Waals surface area contributed by atoms with Gasteiger partial charge in [-0.2, -0.15) is 0 Å². The molecule has 44 heavy (non-hydrogen) atoms. The molecular weight excluding hydrogens is 721 g/mol. The number of hydrogen-bond acceptors (Lipinski definition) is 4. The maximum absolute atomic E-state index is 11.7. The molecule has 1 radical (unpaired) electrons. The number of rotatable bonds is 8. The molecule has 5 heteroatoms. The molecule has 2 aromatic carbocycles. The quantitative estimate of drug-likeness (QED) is 0.110. The molecule has 0 bridgehead atoms. The van der Waals surface area contributed by atoms with Gasteiger partial charge in [0.2, 0.25) is 0 Å². The van der Waals surface area contributed by atoms with E-state index in [9.17, 15) is 9.90 Å². The predicted octanol–water partition coefficient (Wildman–Crippen LogP) is 10.3. The van der Waals surface area contributed by atoms with E-state index in [1.165, 1.54) is 11.6 Å². The third kappa shape index (κ3) is 7.49. The molecule has 0 spiro atoms. The Labute approximate surface area is 281 Å². The van der Waals surface area contributed by atoms with Crippen LogP contribution in [0.5, 0.6) is 0 Å². The minimum atomic E-state index is -1.46. The zero-order valence-electron chi connectivity index (χ0n) is 29.8. The standard InChI is InChI=1S/C26H25N2.C13H24O2.Ir/c1-25(2,3)14-16-10-18-7-9-28-24-20-12-19-15-27-8-6-17(19)13-21(20)26(4,5)22(11-16)23(18)24;1-5-10(6-2)12(14)9-13(15)11(7-3)8-4;/h6-11,13,15H,14H2,1-5H3;9-11,14H,5-8H2,1-4H3;/q-1;;/b;12-9-;/i14D2;;. The van der Waals surface area contributed by atoms with Crippen LogP contribution in [0.4, 0.5) is 0 Å². The number of aromatic nitrogens is 2. The third-order valence-corrected chi connectivity index (χ3v) is 8.73. The van der Waals surface area contributed by atoms with Crippen molar-refractivity contribution in [2.75, 3.05) is 0 Å². The SMILES string of the molecule is CCC(CC)C(=O)/C=C(\O)C(CC)CC.[2H]C([2H])(c1cc2c3c(nccc3c1)-c1[c-]c3cnccc3cc1C2(C)C)C(C)(C)C.[Ir]. The van der Waals surface area contributed by atoms with E-state index in [1.54, 1.807) is 6.20 Å². The van der Waals surface area contributed by atoms with Crippen LogP contribution in [0.3, 0.4) is 0 Å². The summed E-state index contributed by atoms with van der Waals surface area (Å²) in [6, 6.07) is 13.9. The molecule has 237 valence electrons. The smallest absolute Gasteiger partial charge is 0.162 e. The Balaban J connectivity index is 0.000000309. The Hall–Kier alpha value is -2.88. The molecule has 0 atom stereocenters. The minimum Gasteiger partial charge on any atom is -0.512 e. The maximum Gasteiger partial charge on any atom is 0.162 e. The molecule has 0 unspecified atom stereocenters. The van der Waals surface area contributed by atoms with Crippen LogP contribution in [0.1, 0.15) is 107 Å². The topological polar surface area (TPSA) is 63.1 Å². The molecule has 5 rings (SSSR count). The van der Waals surface area contributed by atoms with Crippen LogP contribution in [-0.4, -0.2) is 20.9 Å². The number of ketones is 1. The Morgan fingerprint density at radius 2 is 1.61 bits per heavy atom. The van der Waals surface area contributed by atoms with Crippen molar-refractivity contribution in [3.05, 3.63) is 83.5 Å². The number of hydrogen-bond donors (Lipinski definition) is 1. The fourth-order valence-corrected chi connectivity index (χ4v) is 6.17. The van der Waals surface area contributed by atoms with Crippen LogP contribution in [0, 0.1) is 23.3 Å². The normalized spacial score (nSPS) is 14.8. The van der Waals surface area contributed by atoms with Crippen molar-refractivity contribution in [3.63, 3.8) is 0 Å². The van der Waals surface area contributed by atoms with E-state index in [0.29, 0.717) is 0 Å². The van der Waals surface area contributed by atoms with Gasteiger partial charge in [0.25, 0.3) is 0 Å². The summed E-state index contributed by atoms with van der Waals surface area (Å²) >= 11 is 0. The zero-order valence-corrected chi connectivity index (χ0v) is 30.2. The zero-order chi connectivity index (χ0) is 33.3. The van der Waals surface area contributed by atoms with Crippen molar-refractivity contribution in [2.24, 2.45) is 17.3 Å². The molecule has 2 aromatic heterocycles. The van der Waals surface area contributed by atoms with Crippen LogP contribution in [0.15, 0.2) is 60.8 Å². The summed E-state index contributed by atoms with van der Waals surface area (Å²) in [6.45, 7) is 18.4.